The highest BCUT2D eigenvalue weighted by Crippen LogP contribution is 2.25. The van der Waals surface area contributed by atoms with Crippen molar-refractivity contribution in [3.63, 3.8) is 0 Å². The normalized spacial score (nSPS) is 20.0. The quantitative estimate of drug-likeness (QED) is 0.127. The lowest BCUT2D eigenvalue weighted by atomic mass is 9.94. The van der Waals surface area contributed by atoms with Gasteiger partial charge < -0.3 is 14.4 Å². The van der Waals surface area contributed by atoms with Crippen LogP contribution in [0.3, 0.4) is 0 Å². The van der Waals surface area contributed by atoms with Crippen LogP contribution in [0.1, 0.15) is 104 Å². The van der Waals surface area contributed by atoms with Crippen molar-refractivity contribution in [2.45, 2.75) is 110 Å². The van der Waals surface area contributed by atoms with E-state index in [9.17, 15) is 4.79 Å². The summed E-state index contributed by atoms with van der Waals surface area (Å²) in [6.07, 6.45) is 21.1. The molecule has 0 aliphatic carbocycles. The minimum Gasteiger partial charge on any atom is -0.463 e. The van der Waals surface area contributed by atoms with E-state index >= 15 is 0 Å². The van der Waals surface area contributed by atoms with Crippen LogP contribution in [0.15, 0.2) is 12.2 Å². The predicted octanol–water partition coefficient (Wildman–Crippen LogP) is 6.78. The van der Waals surface area contributed by atoms with Gasteiger partial charge in [-0.15, -0.1) is 0 Å². The summed E-state index contributed by atoms with van der Waals surface area (Å²) in [5.41, 5.74) is 0. The predicted molar refractivity (Wildman–Crippen MR) is 131 cm³/mol. The minimum absolute atomic E-state index is 0.0167. The summed E-state index contributed by atoms with van der Waals surface area (Å²) < 4.78 is 11.7. The van der Waals surface area contributed by atoms with E-state index in [0.29, 0.717) is 12.5 Å². The van der Waals surface area contributed by atoms with Crippen molar-refractivity contribution in [1.29, 1.82) is 0 Å². The van der Waals surface area contributed by atoms with Crippen LogP contribution < -0.4 is 0 Å². The van der Waals surface area contributed by atoms with E-state index < -0.39 is 0 Å². The van der Waals surface area contributed by atoms with Crippen LogP contribution in [0.5, 0.6) is 0 Å². The molecule has 0 N–H and O–H groups in total. The Hall–Kier alpha value is -0.870. The van der Waals surface area contributed by atoms with E-state index in [2.05, 4.69) is 45.0 Å². The zero-order chi connectivity index (χ0) is 22.7. The van der Waals surface area contributed by atoms with E-state index in [1.54, 1.807) is 0 Å². The van der Waals surface area contributed by atoms with Gasteiger partial charge in [-0.3, -0.25) is 4.79 Å². The maximum atomic E-state index is 12.8. The van der Waals surface area contributed by atoms with Gasteiger partial charge in [0.05, 0.1) is 18.6 Å². The first kappa shape index (κ1) is 28.2. The van der Waals surface area contributed by atoms with Crippen LogP contribution >= 0.6 is 0 Å². The number of allylic oxidation sites excluding steroid dienone is 1. The summed E-state index contributed by atoms with van der Waals surface area (Å²) in [7, 11) is 4.16. The van der Waals surface area contributed by atoms with Crippen LogP contribution in [0.2, 0.25) is 0 Å². The summed E-state index contributed by atoms with van der Waals surface area (Å²) in [6.45, 7) is 6.67. The van der Waals surface area contributed by atoms with Gasteiger partial charge >= 0.3 is 5.97 Å². The van der Waals surface area contributed by atoms with Gasteiger partial charge in [0.25, 0.3) is 0 Å². The van der Waals surface area contributed by atoms with Gasteiger partial charge in [0.2, 0.25) is 0 Å². The van der Waals surface area contributed by atoms with Crippen molar-refractivity contribution >= 4 is 5.97 Å². The molecule has 31 heavy (non-hydrogen) atoms. The molecule has 1 heterocycles. The highest BCUT2D eigenvalue weighted by atomic mass is 16.6. The largest absolute Gasteiger partial charge is 0.463 e. The van der Waals surface area contributed by atoms with Crippen molar-refractivity contribution in [2.24, 2.45) is 11.8 Å². The zero-order valence-electron chi connectivity index (χ0n) is 21.1. The van der Waals surface area contributed by atoms with E-state index in [1.165, 1.54) is 51.4 Å². The van der Waals surface area contributed by atoms with Crippen LogP contribution in [-0.4, -0.2) is 50.8 Å². The molecule has 0 bridgehead atoms. The number of rotatable bonds is 19. The van der Waals surface area contributed by atoms with Crippen LogP contribution in [0.4, 0.5) is 0 Å². The molecule has 0 aromatic carbocycles. The summed E-state index contributed by atoms with van der Waals surface area (Å²) in [4.78, 5) is 15.0. The second kappa shape index (κ2) is 18.7. The van der Waals surface area contributed by atoms with Gasteiger partial charge in [-0.1, -0.05) is 90.2 Å². The Balaban J connectivity index is 2.31. The lowest BCUT2D eigenvalue weighted by Gasteiger charge is -2.18. The van der Waals surface area contributed by atoms with Gasteiger partial charge in [0.1, 0.15) is 6.61 Å². The SMILES string of the molecule is CCCCCCCCC(CCCCCC)C(=O)OCC1CC(C/C=C/CN(C)C)CO1. The molecule has 3 atom stereocenters. The Morgan fingerprint density at radius 3 is 2.23 bits per heavy atom. The monoisotopic (exact) mass is 437 g/mol. The first-order chi connectivity index (χ1) is 15.1. The maximum absolute atomic E-state index is 12.8. The van der Waals surface area contributed by atoms with Gasteiger partial charge in [-0.25, -0.2) is 0 Å². The fourth-order valence-corrected chi connectivity index (χ4v) is 4.30. The second-order valence-electron chi connectivity index (χ2n) is 9.76. The third kappa shape index (κ3) is 14.7. The topological polar surface area (TPSA) is 38.8 Å². The molecule has 4 nitrogen and oxygen atoms in total. The number of hydrogen-bond acceptors (Lipinski definition) is 4. The number of carbonyl (C=O) groups excluding carboxylic acids is 1. The van der Waals surface area contributed by atoms with Gasteiger partial charge in [-0.05, 0) is 45.7 Å². The van der Waals surface area contributed by atoms with Crippen molar-refractivity contribution in [3.8, 4) is 0 Å². The lowest BCUT2D eigenvalue weighted by molar-refractivity contribution is -0.152. The highest BCUT2D eigenvalue weighted by molar-refractivity contribution is 5.72. The number of esters is 1. The molecular formula is C27H51NO3. The molecule has 4 heteroatoms. The van der Waals surface area contributed by atoms with Crippen molar-refractivity contribution in [3.05, 3.63) is 12.2 Å². The Morgan fingerprint density at radius 2 is 1.58 bits per heavy atom. The molecule has 0 spiro atoms. The Morgan fingerprint density at radius 1 is 0.968 bits per heavy atom. The zero-order valence-corrected chi connectivity index (χ0v) is 21.1. The molecule has 0 amide bonds. The molecule has 182 valence electrons. The summed E-state index contributed by atoms with van der Waals surface area (Å²) in [6, 6.07) is 0. The molecule has 1 saturated heterocycles. The molecule has 0 aromatic rings. The third-order valence-electron chi connectivity index (χ3n) is 6.33. The lowest BCUT2D eigenvalue weighted by Crippen LogP contribution is -2.23. The van der Waals surface area contributed by atoms with Crippen molar-refractivity contribution < 1.29 is 14.3 Å². The Labute approximate surface area is 193 Å². The molecule has 3 unspecified atom stereocenters. The summed E-state index contributed by atoms with van der Waals surface area (Å²) >= 11 is 0. The van der Waals surface area contributed by atoms with E-state index in [-0.39, 0.29) is 18.0 Å². The van der Waals surface area contributed by atoms with Gasteiger partial charge in [-0.2, -0.15) is 0 Å². The first-order valence-corrected chi connectivity index (χ1v) is 13.1. The first-order valence-electron chi connectivity index (χ1n) is 13.1. The average Bonchev–Trinajstić information content (AvgIpc) is 3.21. The second-order valence-corrected chi connectivity index (χ2v) is 9.76. The molecule has 1 aliphatic heterocycles. The van der Waals surface area contributed by atoms with Gasteiger partial charge in [0, 0.05) is 6.54 Å². The number of carbonyl (C=O) groups is 1. The molecule has 1 fully saturated rings. The molecule has 1 aliphatic rings. The number of nitrogens with zero attached hydrogens (tertiary/aromatic N) is 1. The number of ether oxygens (including phenoxy) is 2. The summed E-state index contributed by atoms with van der Waals surface area (Å²) in [5.74, 6) is 0.646. The van der Waals surface area contributed by atoms with Crippen molar-refractivity contribution in [2.75, 3.05) is 33.9 Å². The number of likely N-dealkylation sites (N-methyl/N-ethyl adjacent to an activating group) is 1. The minimum atomic E-state index is 0.0167. The third-order valence-corrected chi connectivity index (χ3v) is 6.33. The van der Waals surface area contributed by atoms with Crippen LogP contribution in [-0.2, 0) is 14.3 Å². The van der Waals surface area contributed by atoms with E-state index in [0.717, 1.165) is 51.7 Å². The number of hydrogen-bond donors (Lipinski definition) is 0. The molecule has 0 radical (unpaired) electrons. The van der Waals surface area contributed by atoms with E-state index in [4.69, 9.17) is 9.47 Å². The average molecular weight is 438 g/mol. The maximum Gasteiger partial charge on any atom is 0.309 e. The molecule has 0 aromatic heterocycles. The van der Waals surface area contributed by atoms with Crippen LogP contribution in [0.25, 0.3) is 0 Å². The summed E-state index contributed by atoms with van der Waals surface area (Å²) in [5, 5.41) is 0. The van der Waals surface area contributed by atoms with Gasteiger partial charge in [0.15, 0.2) is 0 Å². The Bertz CT molecular complexity index is 463. The molecule has 1 rings (SSSR count). The fourth-order valence-electron chi connectivity index (χ4n) is 4.30. The van der Waals surface area contributed by atoms with E-state index in [1.807, 2.05) is 0 Å². The standard InChI is InChI=1S/C27H51NO3/c1-5-7-9-11-12-14-19-25(18-13-10-8-6-2)27(29)31-23-26-21-24(22-30-26)17-15-16-20-28(3)4/h15-16,24-26H,5-14,17-23H2,1-4H3/b16-15+. The molecular weight excluding hydrogens is 386 g/mol. The fraction of sp³-hybridized carbons (Fsp3) is 0.889. The highest BCUT2D eigenvalue weighted by Gasteiger charge is 2.27. The van der Waals surface area contributed by atoms with Crippen LogP contribution in [0, 0.1) is 11.8 Å². The Kier molecular flexibility index (Phi) is 17.0. The smallest absolute Gasteiger partial charge is 0.309 e. The number of unbranched alkanes of at least 4 members (excludes halogenated alkanes) is 8. The molecule has 0 saturated carbocycles. The van der Waals surface area contributed by atoms with Crippen molar-refractivity contribution in [1.82, 2.24) is 4.90 Å².